The van der Waals surface area contributed by atoms with Gasteiger partial charge in [0.1, 0.15) is 5.82 Å². The van der Waals surface area contributed by atoms with E-state index in [1.807, 2.05) is 18.2 Å². The number of piperidine rings is 1. The second-order valence-corrected chi connectivity index (χ2v) is 8.73. The summed E-state index contributed by atoms with van der Waals surface area (Å²) < 4.78 is 26.1. The van der Waals surface area contributed by atoms with Crippen molar-refractivity contribution in [3.8, 4) is 11.5 Å². The Morgan fingerprint density at radius 1 is 1.09 bits per heavy atom. The van der Waals surface area contributed by atoms with Crippen LogP contribution in [0, 0.1) is 5.82 Å². The Morgan fingerprint density at radius 2 is 1.84 bits per heavy atom. The predicted octanol–water partition coefficient (Wildman–Crippen LogP) is 4.09. The third-order valence-corrected chi connectivity index (χ3v) is 6.22. The van der Waals surface area contributed by atoms with E-state index in [0.29, 0.717) is 43.5 Å². The largest absolute Gasteiger partial charge is 0.490 e. The summed E-state index contributed by atoms with van der Waals surface area (Å²) in [4.78, 5) is 16.7. The molecule has 0 atom stereocenters. The molecule has 32 heavy (non-hydrogen) atoms. The molecule has 4 rings (SSSR count). The summed E-state index contributed by atoms with van der Waals surface area (Å²) in [5.41, 5.74) is 2.09. The number of aryl methyl sites for hydroxylation is 1. The minimum atomic E-state index is -0.297. The van der Waals surface area contributed by atoms with Crippen LogP contribution in [0.4, 0.5) is 15.8 Å². The van der Waals surface area contributed by atoms with Crippen LogP contribution < -0.4 is 19.7 Å². The predicted molar refractivity (Wildman–Crippen MR) is 124 cm³/mol. The summed E-state index contributed by atoms with van der Waals surface area (Å²) in [6.07, 6.45) is 3.77. The van der Waals surface area contributed by atoms with Crippen molar-refractivity contribution in [2.45, 2.75) is 38.1 Å². The lowest BCUT2D eigenvalue weighted by atomic mass is 10.0. The molecule has 2 heterocycles. The van der Waals surface area contributed by atoms with Crippen molar-refractivity contribution in [3.05, 3.63) is 47.8 Å². The summed E-state index contributed by atoms with van der Waals surface area (Å²) in [5, 5.41) is 2.82. The van der Waals surface area contributed by atoms with Crippen LogP contribution in [-0.2, 0) is 11.2 Å². The van der Waals surface area contributed by atoms with Crippen molar-refractivity contribution in [1.29, 1.82) is 0 Å². The van der Waals surface area contributed by atoms with E-state index in [1.54, 1.807) is 12.1 Å². The van der Waals surface area contributed by atoms with Gasteiger partial charge in [-0.05, 0) is 69.3 Å². The monoisotopic (exact) mass is 441 g/mol. The van der Waals surface area contributed by atoms with Gasteiger partial charge in [-0.25, -0.2) is 4.39 Å². The Morgan fingerprint density at radius 3 is 2.56 bits per heavy atom. The van der Waals surface area contributed by atoms with Gasteiger partial charge in [0.15, 0.2) is 11.5 Å². The zero-order valence-corrected chi connectivity index (χ0v) is 18.9. The van der Waals surface area contributed by atoms with Gasteiger partial charge < -0.3 is 24.6 Å². The fourth-order valence-electron chi connectivity index (χ4n) is 4.31. The maximum Gasteiger partial charge on any atom is 0.224 e. The first-order valence-electron chi connectivity index (χ1n) is 11.4. The van der Waals surface area contributed by atoms with Gasteiger partial charge in [-0.2, -0.15) is 0 Å². The second kappa shape index (κ2) is 10.2. The van der Waals surface area contributed by atoms with E-state index < -0.39 is 0 Å². The van der Waals surface area contributed by atoms with Crippen LogP contribution in [0.5, 0.6) is 11.5 Å². The topological polar surface area (TPSA) is 54.0 Å². The number of halogens is 1. The Bertz CT molecular complexity index is 942. The number of nitrogens with zero attached hydrogens (tertiary/aromatic N) is 2. The van der Waals surface area contributed by atoms with Gasteiger partial charge in [-0.3, -0.25) is 4.79 Å². The van der Waals surface area contributed by atoms with Crippen LogP contribution in [0.15, 0.2) is 36.4 Å². The van der Waals surface area contributed by atoms with Crippen LogP contribution in [0.2, 0.25) is 0 Å². The van der Waals surface area contributed by atoms with Crippen LogP contribution >= 0.6 is 0 Å². The van der Waals surface area contributed by atoms with Gasteiger partial charge in [-0.1, -0.05) is 6.07 Å². The van der Waals surface area contributed by atoms with Gasteiger partial charge in [0.2, 0.25) is 5.91 Å². The fourth-order valence-corrected chi connectivity index (χ4v) is 4.31. The molecule has 0 spiro atoms. The quantitative estimate of drug-likeness (QED) is 0.732. The number of fused-ring (bicyclic) bond motifs is 1. The number of rotatable bonds is 6. The van der Waals surface area contributed by atoms with Crippen LogP contribution in [-0.4, -0.2) is 57.2 Å². The number of hydrogen-bond acceptors (Lipinski definition) is 5. The molecule has 0 aromatic heterocycles. The Hall–Kier alpha value is -2.80. The minimum Gasteiger partial charge on any atom is -0.490 e. The molecule has 7 heteroatoms. The molecule has 0 radical (unpaired) electrons. The number of amides is 1. The number of hydrogen-bond donors (Lipinski definition) is 1. The maximum atomic E-state index is 14.8. The summed E-state index contributed by atoms with van der Waals surface area (Å²) in [7, 11) is 4.18. The van der Waals surface area contributed by atoms with Gasteiger partial charge >= 0.3 is 0 Å². The summed E-state index contributed by atoms with van der Waals surface area (Å²) in [6, 6.07) is 11.3. The third-order valence-electron chi connectivity index (χ3n) is 6.22. The molecule has 0 aliphatic carbocycles. The van der Waals surface area contributed by atoms with Crippen molar-refractivity contribution in [1.82, 2.24) is 4.90 Å². The number of benzene rings is 2. The number of anilines is 2. The molecule has 0 unspecified atom stereocenters. The fraction of sp³-hybridized carbons (Fsp3) is 0.480. The molecule has 2 aliphatic heterocycles. The molecule has 1 amide bonds. The van der Waals surface area contributed by atoms with E-state index in [0.717, 1.165) is 49.4 Å². The molecular formula is C25H32FN3O3. The number of carbonyl (C=O) groups is 1. The molecule has 2 aromatic carbocycles. The highest BCUT2D eigenvalue weighted by molar-refractivity contribution is 5.91. The van der Waals surface area contributed by atoms with E-state index in [9.17, 15) is 9.18 Å². The maximum absolute atomic E-state index is 14.8. The van der Waals surface area contributed by atoms with Crippen LogP contribution in [0.1, 0.15) is 31.2 Å². The van der Waals surface area contributed by atoms with Crippen LogP contribution in [0.25, 0.3) is 0 Å². The first-order valence-corrected chi connectivity index (χ1v) is 11.4. The standard InChI is InChI=1S/C25H32FN3O3/c1-28(2)20-10-12-29(13-11-20)22-7-6-19(17-21(22)26)27-25(30)9-5-18-4-8-23-24(16-18)32-15-3-14-31-23/h4,6-8,16-17,20H,3,5,9-15H2,1-2H3,(H,27,30). The highest BCUT2D eigenvalue weighted by Gasteiger charge is 2.22. The van der Waals surface area contributed by atoms with Crippen molar-refractivity contribution < 1.29 is 18.7 Å². The van der Waals surface area contributed by atoms with Crippen LogP contribution in [0.3, 0.4) is 0 Å². The average Bonchev–Trinajstić information content (AvgIpc) is 3.03. The van der Waals surface area contributed by atoms with Gasteiger partial charge in [0.05, 0.1) is 18.9 Å². The first-order chi connectivity index (χ1) is 15.5. The van der Waals surface area contributed by atoms with E-state index >= 15 is 0 Å². The first kappa shape index (κ1) is 22.4. The molecule has 1 fully saturated rings. The van der Waals surface area contributed by atoms with Gasteiger partial charge in [0, 0.05) is 37.7 Å². The molecule has 6 nitrogen and oxygen atoms in total. The zero-order valence-electron chi connectivity index (χ0n) is 18.9. The van der Waals surface area contributed by atoms with Crippen molar-refractivity contribution in [2.24, 2.45) is 0 Å². The summed E-state index contributed by atoms with van der Waals surface area (Å²) in [6.45, 7) is 2.95. The molecule has 0 saturated carbocycles. The smallest absolute Gasteiger partial charge is 0.224 e. The third kappa shape index (κ3) is 5.51. The van der Waals surface area contributed by atoms with Gasteiger partial charge in [0.25, 0.3) is 0 Å². The minimum absolute atomic E-state index is 0.143. The lowest BCUT2D eigenvalue weighted by molar-refractivity contribution is -0.116. The molecular weight excluding hydrogens is 409 g/mol. The second-order valence-electron chi connectivity index (χ2n) is 8.73. The van der Waals surface area contributed by atoms with Crippen molar-refractivity contribution >= 4 is 17.3 Å². The molecule has 1 saturated heterocycles. The van der Waals surface area contributed by atoms with Crippen molar-refractivity contribution in [2.75, 3.05) is 50.6 Å². The number of ether oxygens (including phenoxy) is 2. The summed E-state index contributed by atoms with van der Waals surface area (Å²) >= 11 is 0. The Balaban J connectivity index is 1.30. The molecule has 1 N–H and O–H groups in total. The average molecular weight is 442 g/mol. The van der Waals surface area contributed by atoms with E-state index in [1.165, 1.54) is 6.07 Å². The number of carbonyl (C=O) groups excluding carboxylic acids is 1. The van der Waals surface area contributed by atoms with E-state index in [-0.39, 0.29) is 11.7 Å². The highest BCUT2D eigenvalue weighted by atomic mass is 19.1. The highest BCUT2D eigenvalue weighted by Crippen LogP contribution is 2.31. The molecule has 2 aliphatic rings. The normalized spacial score (nSPS) is 16.7. The Kier molecular flexibility index (Phi) is 7.15. The number of nitrogens with one attached hydrogen (secondary N) is 1. The lowest BCUT2D eigenvalue weighted by Crippen LogP contribution is -2.42. The Labute approximate surface area is 189 Å². The lowest BCUT2D eigenvalue weighted by Gasteiger charge is -2.36. The van der Waals surface area contributed by atoms with Gasteiger partial charge in [-0.15, -0.1) is 0 Å². The zero-order chi connectivity index (χ0) is 22.5. The van der Waals surface area contributed by atoms with E-state index in [2.05, 4.69) is 29.2 Å². The molecule has 172 valence electrons. The molecule has 2 aromatic rings. The van der Waals surface area contributed by atoms with E-state index in [4.69, 9.17) is 9.47 Å². The summed E-state index contributed by atoms with van der Waals surface area (Å²) in [5.74, 6) is 1.04. The van der Waals surface area contributed by atoms with Crippen molar-refractivity contribution in [3.63, 3.8) is 0 Å². The SMILES string of the molecule is CN(C)C1CCN(c2ccc(NC(=O)CCc3ccc4c(c3)OCCCO4)cc2F)CC1. The molecule has 0 bridgehead atoms.